The summed E-state index contributed by atoms with van der Waals surface area (Å²) in [5, 5.41) is 16.4. The first-order valence-corrected chi connectivity index (χ1v) is 8.21. The van der Waals surface area contributed by atoms with Crippen molar-refractivity contribution in [3.8, 4) is 0 Å². The smallest absolute Gasteiger partial charge is 0.310 e. The number of hydrogen-bond acceptors (Lipinski definition) is 9. The standard InChI is InChI=1S/C15H13N7O3S/c1-9-2-4-10(5-3-9)14(23)21-20-13-11(22(24)25)12(17-8-18-13)19-15-16-6-7-26-15/h2-8H,1H3,(H,21,23)(H2,16,17,18,19,20). The summed E-state index contributed by atoms with van der Waals surface area (Å²) in [5.74, 6) is -0.635. The van der Waals surface area contributed by atoms with Gasteiger partial charge in [0.05, 0.1) is 4.92 Å². The van der Waals surface area contributed by atoms with Crippen LogP contribution in [0.25, 0.3) is 0 Å². The van der Waals surface area contributed by atoms with Crippen LogP contribution < -0.4 is 16.2 Å². The largest absolute Gasteiger partial charge is 0.355 e. The van der Waals surface area contributed by atoms with Crippen LogP contribution in [0.15, 0.2) is 42.2 Å². The van der Waals surface area contributed by atoms with Crippen molar-refractivity contribution in [1.82, 2.24) is 20.4 Å². The Balaban J connectivity index is 1.79. The number of anilines is 3. The maximum Gasteiger partial charge on any atom is 0.355 e. The zero-order chi connectivity index (χ0) is 18.5. The van der Waals surface area contributed by atoms with Crippen molar-refractivity contribution in [3.05, 3.63) is 63.4 Å². The Kier molecular flexibility index (Phi) is 4.99. The summed E-state index contributed by atoms with van der Waals surface area (Å²) in [5.41, 5.74) is 5.88. The van der Waals surface area contributed by atoms with Crippen LogP contribution in [0, 0.1) is 17.0 Å². The molecule has 2 aromatic heterocycles. The highest BCUT2D eigenvalue weighted by Crippen LogP contribution is 2.31. The molecule has 0 unspecified atom stereocenters. The van der Waals surface area contributed by atoms with E-state index < -0.39 is 16.5 Å². The summed E-state index contributed by atoms with van der Waals surface area (Å²) in [7, 11) is 0. The van der Waals surface area contributed by atoms with Gasteiger partial charge in [0.1, 0.15) is 6.33 Å². The minimum Gasteiger partial charge on any atom is -0.310 e. The number of hydrogen-bond donors (Lipinski definition) is 3. The third-order valence-corrected chi connectivity index (χ3v) is 3.96. The molecule has 0 bridgehead atoms. The number of thiazole rings is 1. The van der Waals surface area contributed by atoms with Crippen LogP contribution in [0.5, 0.6) is 0 Å². The van der Waals surface area contributed by atoms with Gasteiger partial charge in [0.25, 0.3) is 5.91 Å². The van der Waals surface area contributed by atoms with E-state index in [0.29, 0.717) is 10.7 Å². The number of hydrazine groups is 1. The summed E-state index contributed by atoms with van der Waals surface area (Å²) in [6, 6.07) is 6.88. The number of aryl methyl sites for hydroxylation is 1. The van der Waals surface area contributed by atoms with E-state index in [9.17, 15) is 14.9 Å². The number of nitrogens with zero attached hydrogens (tertiary/aromatic N) is 4. The highest BCUT2D eigenvalue weighted by atomic mass is 32.1. The fourth-order valence-corrected chi connectivity index (χ4v) is 2.54. The Labute approximate surface area is 151 Å². The van der Waals surface area contributed by atoms with Gasteiger partial charge in [-0.2, -0.15) is 0 Å². The second-order valence-electron chi connectivity index (χ2n) is 5.08. The minimum atomic E-state index is -0.643. The van der Waals surface area contributed by atoms with Gasteiger partial charge in [-0.1, -0.05) is 17.7 Å². The summed E-state index contributed by atoms with van der Waals surface area (Å²) in [4.78, 5) is 34.6. The van der Waals surface area contributed by atoms with Crippen molar-refractivity contribution in [3.63, 3.8) is 0 Å². The Bertz CT molecular complexity index is 929. The number of nitrogens with one attached hydrogen (secondary N) is 3. The molecule has 0 aliphatic rings. The van der Waals surface area contributed by atoms with Crippen molar-refractivity contribution < 1.29 is 9.72 Å². The Morgan fingerprint density at radius 2 is 1.88 bits per heavy atom. The Morgan fingerprint density at radius 3 is 2.54 bits per heavy atom. The zero-order valence-corrected chi connectivity index (χ0v) is 14.3. The summed E-state index contributed by atoms with van der Waals surface area (Å²) < 4.78 is 0. The third-order valence-electron chi connectivity index (χ3n) is 3.27. The normalized spacial score (nSPS) is 10.2. The third kappa shape index (κ3) is 3.89. The molecule has 3 N–H and O–H groups in total. The molecule has 132 valence electrons. The van der Waals surface area contributed by atoms with Gasteiger partial charge in [-0.05, 0) is 19.1 Å². The topological polar surface area (TPSA) is 135 Å². The predicted octanol–water partition coefficient (Wildman–Crippen LogP) is 2.65. The first kappa shape index (κ1) is 17.2. The number of carbonyl (C=O) groups is 1. The van der Waals surface area contributed by atoms with Crippen molar-refractivity contribution >= 4 is 39.7 Å². The first-order valence-electron chi connectivity index (χ1n) is 7.33. The molecule has 0 aliphatic heterocycles. The van der Waals surface area contributed by atoms with Crippen LogP contribution in [-0.4, -0.2) is 25.8 Å². The number of rotatable bonds is 6. The van der Waals surface area contributed by atoms with E-state index in [2.05, 4.69) is 31.1 Å². The Morgan fingerprint density at radius 1 is 1.15 bits per heavy atom. The fourth-order valence-electron chi connectivity index (χ4n) is 2.01. The van der Waals surface area contributed by atoms with Crippen LogP contribution in [0.2, 0.25) is 0 Å². The lowest BCUT2D eigenvalue weighted by atomic mass is 10.1. The molecule has 0 saturated heterocycles. The van der Waals surface area contributed by atoms with E-state index in [1.165, 1.54) is 11.3 Å². The lowest BCUT2D eigenvalue weighted by Crippen LogP contribution is -2.30. The van der Waals surface area contributed by atoms with Crippen molar-refractivity contribution in [1.29, 1.82) is 0 Å². The van der Waals surface area contributed by atoms with Crippen LogP contribution in [0.4, 0.5) is 22.5 Å². The van der Waals surface area contributed by atoms with E-state index in [1.54, 1.807) is 35.8 Å². The van der Waals surface area contributed by atoms with E-state index in [0.717, 1.165) is 11.9 Å². The number of nitro groups is 1. The lowest BCUT2D eigenvalue weighted by Gasteiger charge is -2.10. The molecule has 0 fully saturated rings. The van der Waals surface area contributed by atoms with Crippen LogP contribution in [0.1, 0.15) is 15.9 Å². The van der Waals surface area contributed by atoms with Gasteiger partial charge in [0, 0.05) is 17.1 Å². The summed E-state index contributed by atoms with van der Waals surface area (Å²) in [6.07, 6.45) is 2.70. The maximum atomic E-state index is 12.1. The SMILES string of the molecule is Cc1ccc(C(=O)NNc2ncnc(Nc3nccs3)c2[N+](=O)[O-])cc1. The molecule has 0 aliphatic carbocycles. The molecule has 0 radical (unpaired) electrons. The molecule has 0 spiro atoms. The fraction of sp³-hybridized carbons (Fsp3) is 0.0667. The van der Waals surface area contributed by atoms with Crippen LogP contribution in [0.3, 0.4) is 0 Å². The molecule has 2 heterocycles. The van der Waals surface area contributed by atoms with Crippen LogP contribution >= 0.6 is 11.3 Å². The van der Waals surface area contributed by atoms with Crippen molar-refractivity contribution in [2.45, 2.75) is 6.92 Å². The highest BCUT2D eigenvalue weighted by Gasteiger charge is 2.24. The van der Waals surface area contributed by atoms with E-state index >= 15 is 0 Å². The van der Waals surface area contributed by atoms with Gasteiger partial charge in [-0.15, -0.1) is 11.3 Å². The molecule has 0 saturated carbocycles. The number of benzene rings is 1. The highest BCUT2D eigenvalue weighted by molar-refractivity contribution is 7.13. The summed E-state index contributed by atoms with van der Waals surface area (Å²) >= 11 is 1.27. The molecule has 3 aromatic rings. The van der Waals surface area contributed by atoms with Gasteiger partial charge in [-0.25, -0.2) is 15.0 Å². The molecule has 26 heavy (non-hydrogen) atoms. The van der Waals surface area contributed by atoms with Crippen LogP contribution in [-0.2, 0) is 0 Å². The number of amides is 1. The molecule has 1 amide bonds. The lowest BCUT2D eigenvalue weighted by molar-refractivity contribution is -0.383. The van der Waals surface area contributed by atoms with Gasteiger partial charge in [0.15, 0.2) is 5.13 Å². The van der Waals surface area contributed by atoms with Gasteiger partial charge in [-0.3, -0.25) is 25.8 Å². The maximum absolute atomic E-state index is 12.1. The number of aromatic nitrogens is 3. The molecular weight excluding hydrogens is 358 g/mol. The molecule has 0 atom stereocenters. The molecule has 11 heteroatoms. The molecule has 1 aromatic carbocycles. The average molecular weight is 371 g/mol. The zero-order valence-electron chi connectivity index (χ0n) is 13.5. The molecular formula is C15H13N7O3S. The monoisotopic (exact) mass is 371 g/mol. The minimum absolute atomic E-state index is 0.0352. The van der Waals surface area contributed by atoms with E-state index in [1.807, 2.05) is 6.92 Å². The van der Waals surface area contributed by atoms with Gasteiger partial charge >= 0.3 is 5.69 Å². The van der Waals surface area contributed by atoms with Gasteiger partial charge in [0.2, 0.25) is 11.6 Å². The first-order chi connectivity index (χ1) is 12.5. The molecule has 10 nitrogen and oxygen atoms in total. The van der Waals surface area contributed by atoms with E-state index in [-0.39, 0.29) is 11.6 Å². The second kappa shape index (κ2) is 7.53. The quantitative estimate of drug-likeness (QED) is 0.444. The predicted molar refractivity (Wildman–Crippen MR) is 96.4 cm³/mol. The number of carbonyl (C=O) groups excluding carboxylic acids is 1. The Hall–Kier alpha value is -3.60. The van der Waals surface area contributed by atoms with Gasteiger partial charge < -0.3 is 5.32 Å². The average Bonchev–Trinajstić information content (AvgIpc) is 3.13. The molecule has 3 rings (SSSR count). The second-order valence-corrected chi connectivity index (χ2v) is 5.98. The van der Waals surface area contributed by atoms with Crippen molar-refractivity contribution in [2.75, 3.05) is 10.7 Å². The summed E-state index contributed by atoms with van der Waals surface area (Å²) in [6.45, 7) is 1.90. The van der Waals surface area contributed by atoms with E-state index in [4.69, 9.17) is 0 Å². The van der Waals surface area contributed by atoms with Crippen molar-refractivity contribution in [2.24, 2.45) is 0 Å².